The smallest absolute Gasteiger partial charge is 0.306 e. The maximum atomic E-state index is 11.0. The van der Waals surface area contributed by atoms with Crippen LogP contribution in [-0.4, -0.2) is 5.97 Å². The predicted octanol–water partition coefficient (Wildman–Crippen LogP) is 3.00. The highest BCUT2D eigenvalue weighted by Gasteiger charge is 2.26. The first kappa shape index (κ1) is 9.96. The number of benzene rings is 1. The van der Waals surface area contributed by atoms with Gasteiger partial charge in [-0.1, -0.05) is 46.9 Å². The molecule has 0 aliphatic carbocycles. The Morgan fingerprint density at radius 3 is 2.86 bits per heavy atom. The molecule has 1 aromatic carbocycles. The van der Waals surface area contributed by atoms with Crippen LogP contribution in [0.3, 0.4) is 0 Å². The molecule has 1 aromatic rings. The fourth-order valence-electron chi connectivity index (χ4n) is 1.71. The molecule has 0 radical (unpaired) electrons. The van der Waals surface area contributed by atoms with Gasteiger partial charge in [0.2, 0.25) is 0 Å². The first-order chi connectivity index (χ1) is 6.81. The molecule has 3 heteroatoms. The monoisotopic (exact) mass is 302 g/mol. The molecule has 1 heterocycles. The van der Waals surface area contributed by atoms with E-state index in [1.165, 1.54) is 11.1 Å². The van der Waals surface area contributed by atoms with E-state index in [9.17, 15) is 4.79 Å². The summed E-state index contributed by atoms with van der Waals surface area (Å²) in [5, 5.41) is 0. The molecule has 1 saturated heterocycles. The van der Waals surface area contributed by atoms with Gasteiger partial charge in [0.25, 0.3) is 0 Å². The fourth-order valence-corrected chi connectivity index (χ4v) is 2.41. The van der Waals surface area contributed by atoms with Crippen molar-refractivity contribution < 1.29 is 9.53 Å². The van der Waals surface area contributed by atoms with Crippen LogP contribution in [0.1, 0.15) is 30.1 Å². The number of carbonyl (C=O) groups excluding carboxylic acids is 1. The van der Waals surface area contributed by atoms with Crippen LogP contribution in [0.15, 0.2) is 24.3 Å². The molecule has 0 N–H and O–H groups in total. The van der Waals surface area contributed by atoms with E-state index >= 15 is 0 Å². The van der Waals surface area contributed by atoms with Crippen molar-refractivity contribution in [3.63, 3.8) is 0 Å². The SMILES string of the molecule is O=C1CCC(c2ccccc2CI)O1. The second kappa shape index (κ2) is 4.29. The van der Waals surface area contributed by atoms with Gasteiger partial charge in [-0.2, -0.15) is 0 Å². The van der Waals surface area contributed by atoms with Crippen molar-refractivity contribution in [1.82, 2.24) is 0 Å². The van der Waals surface area contributed by atoms with Crippen LogP contribution in [0.2, 0.25) is 0 Å². The minimum absolute atomic E-state index is 0.00605. The van der Waals surface area contributed by atoms with Crippen LogP contribution in [0.5, 0.6) is 0 Å². The number of halogens is 1. The molecule has 0 amide bonds. The zero-order chi connectivity index (χ0) is 9.97. The molecule has 14 heavy (non-hydrogen) atoms. The summed E-state index contributed by atoms with van der Waals surface area (Å²) in [5.74, 6) is -0.0711. The molecule has 0 spiro atoms. The normalized spacial score (nSPS) is 20.9. The number of carbonyl (C=O) groups is 1. The van der Waals surface area contributed by atoms with Gasteiger partial charge in [0.15, 0.2) is 0 Å². The van der Waals surface area contributed by atoms with Crippen molar-refractivity contribution in [3.8, 4) is 0 Å². The van der Waals surface area contributed by atoms with Crippen LogP contribution in [-0.2, 0) is 14.0 Å². The van der Waals surface area contributed by atoms with E-state index in [1.807, 2.05) is 12.1 Å². The quantitative estimate of drug-likeness (QED) is 0.477. The molecule has 0 bridgehead atoms. The van der Waals surface area contributed by atoms with Crippen molar-refractivity contribution in [3.05, 3.63) is 35.4 Å². The Kier molecular flexibility index (Phi) is 3.05. The average molecular weight is 302 g/mol. The summed E-state index contributed by atoms with van der Waals surface area (Å²) in [4.78, 5) is 11.0. The van der Waals surface area contributed by atoms with Gasteiger partial charge in [0.1, 0.15) is 6.10 Å². The van der Waals surface area contributed by atoms with E-state index in [-0.39, 0.29) is 12.1 Å². The second-order valence-electron chi connectivity index (χ2n) is 3.35. The van der Waals surface area contributed by atoms with Gasteiger partial charge in [-0.05, 0) is 17.5 Å². The van der Waals surface area contributed by atoms with E-state index in [0.717, 1.165) is 10.8 Å². The Hall–Kier alpha value is -0.580. The van der Waals surface area contributed by atoms with Crippen molar-refractivity contribution in [1.29, 1.82) is 0 Å². The van der Waals surface area contributed by atoms with E-state index in [0.29, 0.717) is 6.42 Å². The Morgan fingerprint density at radius 1 is 1.43 bits per heavy atom. The van der Waals surface area contributed by atoms with Gasteiger partial charge in [-0.25, -0.2) is 0 Å². The largest absolute Gasteiger partial charge is 0.457 e. The molecular weight excluding hydrogens is 291 g/mol. The van der Waals surface area contributed by atoms with Gasteiger partial charge in [0.05, 0.1) is 0 Å². The third-order valence-corrected chi connectivity index (χ3v) is 3.25. The van der Waals surface area contributed by atoms with Crippen molar-refractivity contribution >= 4 is 28.6 Å². The van der Waals surface area contributed by atoms with E-state index in [1.54, 1.807) is 0 Å². The van der Waals surface area contributed by atoms with Gasteiger partial charge in [-0.15, -0.1) is 0 Å². The summed E-state index contributed by atoms with van der Waals surface area (Å²) in [6.45, 7) is 0. The lowest BCUT2D eigenvalue weighted by atomic mass is 10.0. The third-order valence-electron chi connectivity index (χ3n) is 2.43. The molecule has 2 nitrogen and oxygen atoms in total. The van der Waals surface area contributed by atoms with Gasteiger partial charge >= 0.3 is 5.97 Å². The highest BCUT2D eigenvalue weighted by Crippen LogP contribution is 2.32. The highest BCUT2D eigenvalue weighted by atomic mass is 127. The summed E-state index contributed by atoms with van der Waals surface area (Å²) < 4.78 is 6.21. The molecule has 1 fully saturated rings. The third kappa shape index (κ3) is 1.92. The van der Waals surface area contributed by atoms with Gasteiger partial charge in [-0.3, -0.25) is 4.79 Å². The van der Waals surface area contributed by atoms with E-state index in [4.69, 9.17) is 4.74 Å². The molecule has 0 saturated carbocycles. The molecule has 1 atom stereocenters. The van der Waals surface area contributed by atoms with Crippen molar-refractivity contribution in [2.24, 2.45) is 0 Å². The summed E-state index contributed by atoms with van der Waals surface area (Å²) in [6, 6.07) is 8.16. The maximum absolute atomic E-state index is 11.0. The Bertz CT molecular complexity index is 349. The molecule has 0 aromatic heterocycles. The second-order valence-corrected chi connectivity index (χ2v) is 4.11. The number of hydrogen-bond acceptors (Lipinski definition) is 2. The molecule has 1 aliphatic rings. The summed E-state index contributed by atoms with van der Waals surface area (Å²) >= 11 is 2.33. The fraction of sp³-hybridized carbons (Fsp3) is 0.364. The van der Waals surface area contributed by atoms with Crippen molar-refractivity contribution in [2.45, 2.75) is 23.4 Å². The van der Waals surface area contributed by atoms with Crippen molar-refractivity contribution in [2.75, 3.05) is 0 Å². The number of cyclic esters (lactones) is 1. The van der Waals surface area contributed by atoms with Gasteiger partial charge in [0, 0.05) is 10.8 Å². The molecule has 1 unspecified atom stereocenters. The van der Waals surface area contributed by atoms with Crippen LogP contribution >= 0.6 is 22.6 Å². The Morgan fingerprint density at radius 2 is 2.21 bits per heavy atom. The number of alkyl halides is 1. The first-order valence-electron chi connectivity index (χ1n) is 4.64. The summed E-state index contributed by atoms with van der Waals surface area (Å²) in [6.07, 6.45) is 1.38. The average Bonchev–Trinajstić information content (AvgIpc) is 2.65. The highest BCUT2D eigenvalue weighted by molar-refractivity contribution is 14.1. The first-order valence-corrected chi connectivity index (χ1v) is 6.17. The molecular formula is C11H11IO2. The van der Waals surface area contributed by atoms with E-state index in [2.05, 4.69) is 34.7 Å². The number of esters is 1. The standard InChI is InChI=1S/C11H11IO2/c12-7-8-3-1-2-4-9(8)10-5-6-11(13)14-10/h1-4,10H,5-7H2. The topological polar surface area (TPSA) is 26.3 Å². The zero-order valence-corrected chi connectivity index (χ0v) is 9.86. The predicted molar refractivity (Wildman–Crippen MR) is 62.2 cm³/mol. The minimum atomic E-state index is -0.0711. The van der Waals surface area contributed by atoms with Crippen LogP contribution in [0.25, 0.3) is 0 Å². The van der Waals surface area contributed by atoms with Gasteiger partial charge < -0.3 is 4.74 Å². The lowest BCUT2D eigenvalue weighted by Gasteiger charge is -2.12. The maximum Gasteiger partial charge on any atom is 0.306 e. The van der Waals surface area contributed by atoms with Crippen LogP contribution in [0.4, 0.5) is 0 Å². The van der Waals surface area contributed by atoms with Crippen LogP contribution in [0, 0.1) is 0 Å². The zero-order valence-electron chi connectivity index (χ0n) is 7.70. The van der Waals surface area contributed by atoms with Crippen LogP contribution < -0.4 is 0 Å². The summed E-state index contributed by atoms with van der Waals surface area (Å²) in [5.41, 5.74) is 2.44. The number of ether oxygens (including phenoxy) is 1. The molecule has 1 aliphatic heterocycles. The molecule has 74 valence electrons. The lowest BCUT2D eigenvalue weighted by Crippen LogP contribution is -2.01. The van der Waals surface area contributed by atoms with E-state index < -0.39 is 0 Å². The Balaban J connectivity index is 2.27. The summed E-state index contributed by atoms with van der Waals surface area (Å²) in [7, 11) is 0. The lowest BCUT2D eigenvalue weighted by molar-refractivity contribution is -0.141. The number of hydrogen-bond donors (Lipinski definition) is 0. The Labute approximate surface area is 96.8 Å². The molecule has 2 rings (SSSR count). The minimum Gasteiger partial charge on any atom is -0.457 e. The number of rotatable bonds is 2.